The zero-order valence-electron chi connectivity index (χ0n) is 13.6. The highest BCUT2D eigenvalue weighted by Gasteiger charge is 2.36. The van der Waals surface area contributed by atoms with Crippen LogP contribution in [0.4, 0.5) is 13.2 Å². The van der Waals surface area contributed by atoms with E-state index in [9.17, 15) is 27.6 Å². The summed E-state index contributed by atoms with van der Waals surface area (Å²) in [6, 6.07) is 0.819. The molecule has 7 nitrogen and oxygen atoms in total. The van der Waals surface area contributed by atoms with Gasteiger partial charge in [0.25, 0.3) is 5.91 Å². The lowest BCUT2D eigenvalue weighted by Crippen LogP contribution is -2.60. The molecule has 1 aliphatic heterocycles. The number of primary amides is 1. The summed E-state index contributed by atoms with van der Waals surface area (Å²) in [6.07, 6.45) is -4.60. The molecule has 0 unspecified atom stereocenters. The minimum Gasteiger partial charge on any atom is -0.368 e. The van der Waals surface area contributed by atoms with Crippen molar-refractivity contribution in [1.29, 1.82) is 0 Å². The second kappa shape index (κ2) is 6.69. The first kappa shape index (κ1) is 18.7. The summed E-state index contributed by atoms with van der Waals surface area (Å²) >= 11 is 0. The van der Waals surface area contributed by atoms with Gasteiger partial charge < -0.3 is 15.5 Å². The number of rotatable bonds is 2. The van der Waals surface area contributed by atoms with E-state index in [2.05, 4.69) is 4.98 Å². The molecule has 2 rings (SSSR count). The van der Waals surface area contributed by atoms with Gasteiger partial charge in [0, 0.05) is 20.0 Å². The molecular formula is C15H17F3N4O3. The lowest BCUT2D eigenvalue weighted by Gasteiger charge is -2.39. The Bertz CT molecular complexity index is 720. The number of halogens is 3. The minimum absolute atomic E-state index is 0.00694. The van der Waals surface area contributed by atoms with Crippen LogP contribution in [0.15, 0.2) is 12.1 Å². The Kier molecular flexibility index (Phi) is 5.00. The summed E-state index contributed by atoms with van der Waals surface area (Å²) in [7, 11) is 0. The number of pyridine rings is 1. The maximum Gasteiger partial charge on any atom is 0.433 e. The molecule has 0 radical (unpaired) electrons. The summed E-state index contributed by atoms with van der Waals surface area (Å²) in [4.78, 5) is 41.6. The summed E-state index contributed by atoms with van der Waals surface area (Å²) in [6.45, 7) is 2.73. The molecule has 0 spiro atoms. The van der Waals surface area contributed by atoms with Crippen molar-refractivity contribution < 1.29 is 27.6 Å². The van der Waals surface area contributed by atoms with E-state index >= 15 is 0 Å². The van der Waals surface area contributed by atoms with E-state index in [1.165, 1.54) is 23.6 Å². The summed E-state index contributed by atoms with van der Waals surface area (Å²) in [5, 5.41) is 0. The lowest BCUT2D eigenvalue weighted by molar-refractivity contribution is -0.141. The van der Waals surface area contributed by atoms with Gasteiger partial charge in [-0.05, 0) is 19.1 Å². The number of carbonyl (C=O) groups is 3. The van der Waals surface area contributed by atoms with Crippen LogP contribution < -0.4 is 5.73 Å². The summed E-state index contributed by atoms with van der Waals surface area (Å²) < 4.78 is 38.0. The topological polar surface area (TPSA) is 96.6 Å². The summed E-state index contributed by atoms with van der Waals surface area (Å²) in [5.41, 5.74) is 4.14. The highest BCUT2D eigenvalue weighted by molar-refractivity contribution is 5.96. The Morgan fingerprint density at radius 2 is 1.88 bits per heavy atom. The largest absolute Gasteiger partial charge is 0.433 e. The average molecular weight is 358 g/mol. The normalized spacial score (nSPS) is 18.2. The zero-order valence-corrected chi connectivity index (χ0v) is 13.6. The van der Waals surface area contributed by atoms with Gasteiger partial charge in [-0.2, -0.15) is 13.2 Å². The lowest BCUT2D eigenvalue weighted by atomic mass is 10.1. The van der Waals surface area contributed by atoms with Crippen LogP contribution >= 0.6 is 0 Å². The van der Waals surface area contributed by atoms with E-state index in [1.54, 1.807) is 0 Å². The molecule has 136 valence electrons. The number of hydrogen-bond acceptors (Lipinski definition) is 4. The van der Waals surface area contributed by atoms with Gasteiger partial charge >= 0.3 is 6.18 Å². The van der Waals surface area contributed by atoms with E-state index in [0.717, 1.165) is 12.1 Å². The Labute approximate surface area is 141 Å². The summed E-state index contributed by atoms with van der Waals surface area (Å²) in [5.74, 6) is -1.66. The quantitative estimate of drug-likeness (QED) is 0.836. The van der Waals surface area contributed by atoms with Gasteiger partial charge in [-0.25, -0.2) is 4.98 Å². The molecule has 0 aliphatic carbocycles. The molecule has 1 saturated heterocycles. The number of nitrogens with zero attached hydrogens (tertiary/aromatic N) is 3. The SMILES string of the molecule is CC(=O)N1CCN(C(=O)c2ccc(C(F)(F)F)nc2C)C[C@H]1C(N)=O. The van der Waals surface area contributed by atoms with Gasteiger partial charge in [0.2, 0.25) is 11.8 Å². The number of amides is 3. The molecule has 25 heavy (non-hydrogen) atoms. The van der Waals surface area contributed by atoms with Gasteiger partial charge in [-0.1, -0.05) is 0 Å². The zero-order chi connectivity index (χ0) is 18.9. The molecular weight excluding hydrogens is 341 g/mol. The second-order valence-electron chi connectivity index (χ2n) is 5.71. The molecule has 1 aromatic rings. The monoisotopic (exact) mass is 358 g/mol. The number of nitrogens with two attached hydrogens (primary N) is 1. The Hall–Kier alpha value is -2.65. The second-order valence-corrected chi connectivity index (χ2v) is 5.71. The van der Waals surface area contributed by atoms with E-state index in [1.807, 2.05) is 0 Å². The first-order valence-electron chi connectivity index (χ1n) is 7.43. The molecule has 2 heterocycles. The Balaban J connectivity index is 2.24. The number of hydrogen-bond donors (Lipinski definition) is 1. The van der Waals surface area contributed by atoms with Crippen LogP contribution in [0.25, 0.3) is 0 Å². The predicted octanol–water partition coefficient (Wildman–Crippen LogP) is 0.567. The Morgan fingerprint density at radius 3 is 2.36 bits per heavy atom. The maximum absolute atomic E-state index is 12.7. The van der Waals surface area contributed by atoms with Crippen molar-refractivity contribution in [3.63, 3.8) is 0 Å². The van der Waals surface area contributed by atoms with Crippen LogP contribution in [0.1, 0.15) is 28.7 Å². The van der Waals surface area contributed by atoms with Crippen LogP contribution in [0.2, 0.25) is 0 Å². The van der Waals surface area contributed by atoms with Crippen LogP contribution in [0, 0.1) is 6.92 Å². The number of piperazine rings is 1. The third-order valence-electron chi connectivity index (χ3n) is 4.01. The first-order chi connectivity index (χ1) is 11.5. The third kappa shape index (κ3) is 3.89. The molecule has 0 bridgehead atoms. The number of alkyl halides is 3. The van der Waals surface area contributed by atoms with Gasteiger partial charge in [-0.3, -0.25) is 14.4 Å². The standard InChI is InChI=1S/C15H17F3N4O3/c1-8-10(3-4-12(20-8)15(16,17)18)14(25)21-5-6-22(9(2)23)11(7-21)13(19)24/h3-4,11H,5-7H2,1-2H3,(H2,19,24)/t11-/m0/s1. The molecule has 1 atom stereocenters. The van der Waals surface area contributed by atoms with E-state index < -0.39 is 29.7 Å². The van der Waals surface area contributed by atoms with Crippen molar-refractivity contribution in [2.24, 2.45) is 5.73 Å². The van der Waals surface area contributed by atoms with Gasteiger partial charge in [0.15, 0.2) is 0 Å². The van der Waals surface area contributed by atoms with Crippen molar-refractivity contribution in [2.75, 3.05) is 19.6 Å². The van der Waals surface area contributed by atoms with Crippen molar-refractivity contribution >= 4 is 17.7 Å². The molecule has 1 fully saturated rings. The van der Waals surface area contributed by atoms with Crippen molar-refractivity contribution in [3.05, 3.63) is 29.1 Å². The molecule has 1 aliphatic rings. The number of aromatic nitrogens is 1. The Morgan fingerprint density at radius 1 is 1.24 bits per heavy atom. The molecule has 0 saturated carbocycles. The number of carbonyl (C=O) groups excluding carboxylic acids is 3. The van der Waals surface area contributed by atoms with Gasteiger partial charge in [-0.15, -0.1) is 0 Å². The van der Waals surface area contributed by atoms with Crippen molar-refractivity contribution in [1.82, 2.24) is 14.8 Å². The van der Waals surface area contributed by atoms with Gasteiger partial charge in [0.05, 0.1) is 17.8 Å². The molecule has 10 heteroatoms. The van der Waals surface area contributed by atoms with Crippen molar-refractivity contribution in [3.8, 4) is 0 Å². The fourth-order valence-corrected chi connectivity index (χ4v) is 2.70. The highest BCUT2D eigenvalue weighted by Crippen LogP contribution is 2.28. The third-order valence-corrected chi connectivity index (χ3v) is 4.01. The molecule has 0 aromatic carbocycles. The van der Waals surface area contributed by atoms with E-state index in [4.69, 9.17) is 5.73 Å². The smallest absolute Gasteiger partial charge is 0.368 e. The molecule has 1 aromatic heterocycles. The van der Waals surface area contributed by atoms with Crippen molar-refractivity contribution in [2.45, 2.75) is 26.1 Å². The predicted molar refractivity (Wildman–Crippen MR) is 80.2 cm³/mol. The average Bonchev–Trinajstić information content (AvgIpc) is 2.52. The fourth-order valence-electron chi connectivity index (χ4n) is 2.70. The van der Waals surface area contributed by atoms with Crippen LogP contribution in [0.5, 0.6) is 0 Å². The van der Waals surface area contributed by atoms with Crippen LogP contribution in [-0.2, 0) is 15.8 Å². The minimum atomic E-state index is -4.60. The van der Waals surface area contributed by atoms with E-state index in [0.29, 0.717) is 0 Å². The first-order valence-corrected chi connectivity index (χ1v) is 7.43. The van der Waals surface area contributed by atoms with Gasteiger partial charge in [0.1, 0.15) is 11.7 Å². The van der Waals surface area contributed by atoms with Crippen LogP contribution in [-0.4, -0.2) is 58.2 Å². The van der Waals surface area contributed by atoms with E-state index in [-0.39, 0.29) is 36.8 Å². The highest BCUT2D eigenvalue weighted by atomic mass is 19.4. The number of aryl methyl sites for hydroxylation is 1. The van der Waals surface area contributed by atoms with Crippen LogP contribution in [0.3, 0.4) is 0 Å². The molecule has 2 N–H and O–H groups in total. The molecule has 3 amide bonds. The fraction of sp³-hybridized carbons (Fsp3) is 0.467. The maximum atomic E-state index is 12.7.